The van der Waals surface area contributed by atoms with E-state index in [0.717, 1.165) is 16.8 Å². The number of hydrogen-bond acceptors (Lipinski definition) is 4. The molecule has 0 saturated heterocycles. The number of fused-ring (bicyclic) bond motifs is 1. The summed E-state index contributed by atoms with van der Waals surface area (Å²) < 4.78 is 19.6. The zero-order chi connectivity index (χ0) is 21.4. The molecule has 0 spiro atoms. The van der Waals surface area contributed by atoms with Crippen LogP contribution in [-0.2, 0) is 11.2 Å². The molecule has 8 heteroatoms. The van der Waals surface area contributed by atoms with Crippen LogP contribution >= 0.6 is 11.6 Å². The van der Waals surface area contributed by atoms with Crippen LogP contribution in [0.1, 0.15) is 46.6 Å². The van der Waals surface area contributed by atoms with E-state index in [1.165, 1.54) is 18.2 Å². The van der Waals surface area contributed by atoms with Gasteiger partial charge in [-0.3, -0.25) is 9.59 Å². The summed E-state index contributed by atoms with van der Waals surface area (Å²) in [5.41, 5.74) is 2.93. The molecule has 2 heterocycles. The third-order valence-corrected chi connectivity index (χ3v) is 5.48. The van der Waals surface area contributed by atoms with Gasteiger partial charge >= 0.3 is 0 Å². The van der Waals surface area contributed by atoms with Crippen molar-refractivity contribution in [1.82, 2.24) is 10.5 Å². The zero-order valence-electron chi connectivity index (χ0n) is 16.4. The lowest BCUT2D eigenvalue weighted by Crippen LogP contribution is -2.28. The highest BCUT2D eigenvalue weighted by molar-refractivity contribution is 6.33. The van der Waals surface area contributed by atoms with Crippen LogP contribution in [0.4, 0.5) is 10.1 Å². The first-order valence-electron chi connectivity index (χ1n) is 9.49. The number of aromatic nitrogens is 1. The number of benzene rings is 2. The Morgan fingerprint density at radius 3 is 2.87 bits per heavy atom. The number of anilines is 1. The number of nitrogens with zero attached hydrogens (tertiary/aromatic N) is 1. The lowest BCUT2D eigenvalue weighted by molar-refractivity contribution is -0.116. The van der Waals surface area contributed by atoms with Crippen LogP contribution in [0.3, 0.4) is 0 Å². The van der Waals surface area contributed by atoms with Gasteiger partial charge < -0.3 is 15.2 Å². The molecule has 1 aromatic heterocycles. The van der Waals surface area contributed by atoms with Gasteiger partial charge in [0.2, 0.25) is 5.91 Å². The highest BCUT2D eigenvalue weighted by atomic mass is 35.5. The standard InChI is InChI=1S/C22H19ClFN3O3/c1-11(13-6-8-17-14(10-13)7-9-18(28)26-17)25-22(29)19-12(2)30-27-21(19)20-15(23)4-3-5-16(20)24/h3-6,8,10-11H,7,9H2,1-2H3,(H,25,29)(H,26,28)/t11-/m1/s1. The number of halogens is 2. The lowest BCUT2D eigenvalue weighted by atomic mass is 9.97. The summed E-state index contributed by atoms with van der Waals surface area (Å²) >= 11 is 6.15. The Balaban J connectivity index is 1.61. The van der Waals surface area contributed by atoms with Crippen LogP contribution in [0.5, 0.6) is 0 Å². The number of rotatable bonds is 4. The van der Waals surface area contributed by atoms with Crippen molar-refractivity contribution in [3.05, 3.63) is 69.7 Å². The molecule has 3 aromatic rings. The molecule has 2 amide bonds. The summed E-state index contributed by atoms with van der Waals surface area (Å²) in [6.45, 7) is 3.44. The topological polar surface area (TPSA) is 84.2 Å². The average Bonchev–Trinajstić information content (AvgIpc) is 3.08. The molecule has 1 atom stereocenters. The van der Waals surface area contributed by atoms with Crippen LogP contribution in [-0.4, -0.2) is 17.0 Å². The number of nitrogens with one attached hydrogen (secondary N) is 2. The first-order chi connectivity index (χ1) is 14.3. The fourth-order valence-electron chi connectivity index (χ4n) is 3.56. The predicted octanol–water partition coefficient (Wildman–Crippen LogP) is 4.82. The molecule has 0 aliphatic carbocycles. The van der Waals surface area contributed by atoms with E-state index < -0.39 is 11.7 Å². The highest BCUT2D eigenvalue weighted by Crippen LogP contribution is 2.34. The fourth-order valence-corrected chi connectivity index (χ4v) is 3.81. The largest absolute Gasteiger partial charge is 0.360 e. The number of amides is 2. The average molecular weight is 428 g/mol. The second-order valence-electron chi connectivity index (χ2n) is 7.22. The molecule has 0 bridgehead atoms. The minimum absolute atomic E-state index is 0.00105. The third kappa shape index (κ3) is 3.68. The van der Waals surface area contributed by atoms with Gasteiger partial charge in [0.05, 0.1) is 16.6 Å². The molecule has 2 N–H and O–H groups in total. The number of hydrogen-bond donors (Lipinski definition) is 2. The van der Waals surface area contributed by atoms with E-state index in [9.17, 15) is 14.0 Å². The minimum atomic E-state index is -0.588. The maximum atomic E-state index is 14.4. The first kappa shape index (κ1) is 20.1. The Bertz CT molecular complexity index is 1140. The Hall–Kier alpha value is -3.19. The van der Waals surface area contributed by atoms with Crippen LogP contribution in [0.2, 0.25) is 5.02 Å². The van der Waals surface area contributed by atoms with Gasteiger partial charge in [0.1, 0.15) is 22.8 Å². The van der Waals surface area contributed by atoms with Gasteiger partial charge in [-0.1, -0.05) is 35.0 Å². The highest BCUT2D eigenvalue weighted by Gasteiger charge is 2.26. The van der Waals surface area contributed by atoms with Crippen molar-refractivity contribution in [3.8, 4) is 11.3 Å². The molecule has 0 saturated carbocycles. The Morgan fingerprint density at radius 1 is 1.30 bits per heavy atom. The second kappa shape index (κ2) is 7.91. The molecule has 0 fully saturated rings. The summed E-state index contributed by atoms with van der Waals surface area (Å²) in [6.07, 6.45) is 1.08. The Kier molecular flexibility index (Phi) is 5.30. The van der Waals surface area contributed by atoms with Crippen molar-refractivity contribution in [2.45, 2.75) is 32.7 Å². The molecule has 6 nitrogen and oxygen atoms in total. The molecule has 30 heavy (non-hydrogen) atoms. The zero-order valence-corrected chi connectivity index (χ0v) is 17.1. The van der Waals surface area contributed by atoms with E-state index in [-0.39, 0.29) is 39.6 Å². The minimum Gasteiger partial charge on any atom is -0.360 e. The van der Waals surface area contributed by atoms with Crippen molar-refractivity contribution < 1.29 is 18.5 Å². The maximum absolute atomic E-state index is 14.4. The number of aryl methyl sites for hydroxylation is 2. The Morgan fingerprint density at radius 2 is 2.10 bits per heavy atom. The number of carbonyl (C=O) groups excluding carboxylic acids is 2. The van der Waals surface area contributed by atoms with E-state index in [1.54, 1.807) is 6.92 Å². The molecule has 4 rings (SSSR count). The van der Waals surface area contributed by atoms with Crippen LogP contribution in [0.15, 0.2) is 40.9 Å². The van der Waals surface area contributed by atoms with Gasteiger partial charge in [0, 0.05) is 12.1 Å². The predicted molar refractivity (Wildman–Crippen MR) is 111 cm³/mol. The molecule has 0 radical (unpaired) electrons. The molecule has 1 aliphatic rings. The summed E-state index contributed by atoms with van der Waals surface area (Å²) in [5, 5.41) is 9.76. The van der Waals surface area contributed by atoms with E-state index >= 15 is 0 Å². The molecular weight excluding hydrogens is 409 g/mol. The first-order valence-corrected chi connectivity index (χ1v) is 9.87. The molecule has 1 aliphatic heterocycles. The summed E-state index contributed by atoms with van der Waals surface area (Å²) in [4.78, 5) is 24.6. The third-order valence-electron chi connectivity index (χ3n) is 5.16. The molecule has 154 valence electrons. The maximum Gasteiger partial charge on any atom is 0.257 e. The van der Waals surface area contributed by atoms with Gasteiger partial charge in [0.25, 0.3) is 5.91 Å². The fraction of sp³-hybridized carbons (Fsp3) is 0.227. The van der Waals surface area contributed by atoms with Crippen molar-refractivity contribution in [2.75, 3.05) is 5.32 Å². The van der Waals surface area contributed by atoms with E-state index in [4.69, 9.17) is 16.1 Å². The van der Waals surface area contributed by atoms with Crippen LogP contribution in [0.25, 0.3) is 11.3 Å². The molecule has 2 aromatic carbocycles. The van der Waals surface area contributed by atoms with E-state index in [0.29, 0.717) is 12.8 Å². The number of carbonyl (C=O) groups is 2. The van der Waals surface area contributed by atoms with Crippen molar-refractivity contribution in [1.29, 1.82) is 0 Å². The summed E-state index contributed by atoms with van der Waals surface area (Å²) in [7, 11) is 0. The van der Waals surface area contributed by atoms with Crippen LogP contribution < -0.4 is 10.6 Å². The molecule has 0 unspecified atom stereocenters. The monoisotopic (exact) mass is 427 g/mol. The van der Waals surface area contributed by atoms with Gasteiger partial charge in [-0.2, -0.15) is 0 Å². The Labute approximate surface area is 177 Å². The summed E-state index contributed by atoms with van der Waals surface area (Å²) in [6, 6.07) is 9.58. The smallest absolute Gasteiger partial charge is 0.257 e. The van der Waals surface area contributed by atoms with Crippen molar-refractivity contribution >= 4 is 29.1 Å². The normalized spacial score (nSPS) is 14.1. The van der Waals surface area contributed by atoms with Gasteiger partial charge in [-0.05, 0) is 49.6 Å². The van der Waals surface area contributed by atoms with Gasteiger partial charge in [-0.15, -0.1) is 0 Å². The quantitative estimate of drug-likeness (QED) is 0.625. The van der Waals surface area contributed by atoms with Crippen molar-refractivity contribution in [3.63, 3.8) is 0 Å². The van der Waals surface area contributed by atoms with Gasteiger partial charge in [0.15, 0.2) is 0 Å². The lowest BCUT2D eigenvalue weighted by Gasteiger charge is -2.20. The molecular formula is C22H19ClFN3O3. The van der Waals surface area contributed by atoms with Crippen LogP contribution in [0, 0.1) is 12.7 Å². The second-order valence-corrected chi connectivity index (χ2v) is 7.63. The van der Waals surface area contributed by atoms with E-state index in [1.807, 2.05) is 25.1 Å². The summed E-state index contributed by atoms with van der Waals surface area (Å²) in [5.74, 6) is -0.766. The van der Waals surface area contributed by atoms with Gasteiger partial charge in [-0.25, -0.2) is 4.39 Å². The van der Waals surface area contributed by atoms with E-state index in [2.05, 4.69) is 15.8 Å². The van der Waals surface area contributed by atoms with Crippen molar-refractivity contribution in [2.24, 2.45) is 0 Å². The SMILES string of the molecule is Cc1onc(-c2c(F)cccc2Cl)c1C(=O)N[C@H](C)c1ccc2c(c1)CCC(=O)N2.